The summed E-state index contributed by atoms with van der Waals surface area (Å²) < 4.78 is 27.0. The Bertz CT molecular complexity index is 944. The van der Waals surface area contributed by atoms with Gasteiger partial charge >= 0.3 is 0 Å². The summed E-state index contributed by atoms with van der Waals surface area (Å²) in [4.78, 5) is 15.1. The number of hydrogen-bond acceptors (Lipinski definition) is 4. The van der Waals surface area contributed by atoms with Gasteiger partial charge in [0.15, 0.2) is 0 Å². The van der Waals surface area contributed by atoms with E-state index in [1.807, 2.05) is 18.2 Å². The van der Waals surface area contributed by atoms with Gasteiger partial charge in [0, 0.05) is 49.4 Å². The number of carbonyl (C=O) groups excluding carboxylic acids is 1. The molecule has 1 aliphatic rings. The molecule has 0 aliphatic carbocycles. The number of para-hydroxylation sites is 1. The van der Waals surface area contributed by atoms with E-state index >= 15 is 0 Å². The van der Waals surface area contributed by atoms with Crippen molar-refractivity contribution >= 4 is 33.2 Å². The van der Waals surface area contributed by atoms with Gasteiger partial charge in [0.1, 0.15) is 0 Å². The number of nitrogens with one attached hydrogen (secondary N) is 1. The van der Waals surface area contributed by atoms with Gasteiger partial charge < -0.3 is 10.2 Å². The number of piperidine rings is 1. The zero-order valence-corrected chi connectivity index (χ0v) is 19.4. The molecular formula is C23H30ClN3O3S. The number of carbonyl (C=O) groups is 1. The second-order valence-corrected chi connectivity index (χ2v) is 10.1. The van der Waals surface area contributed by atoms with E-state index in [2.05, 4.69) is 29.3 Å². The first kappa shape index (κ1) is 23.6. The molecule has 1 heterocycles. The molecule has 0 bridgehead atoms. The van der Waals surface area contributed by atoms with Crippen molar-refractivity contribution in [1.29, 1.82) is 0 Å². The van der Waals surface area contributed by atoms with Gasteiger partial charge in [0.05, 0.1) is 4.90 Å². The van der Waals surface area contributed by atoms with Gasteiger partial charge in [-0.2, -0.15) is 4.31 Å². The monoisotopic (exact) mass is 463 g/mol. The topological polar surface area (TPSA) is 69.7 Å². The Morgan fingerprint density at radius 1 is 1.10 bits per heavy atom. The summed E-state index contributed by atoms with van der Waals surface area (Å²) >= 11 is 5.85. The number of anilines is 1. The van der Waals surface area contributed by atoms with E-state index in [-0.39, 0.29) is 16.7 Å². The molecule has 6 nitrogen and oxygen atoms in total. The third kappa shape index (κ3) is 6.21. The molecule has 0 aromatic heterocycles. The molecule has 1 amide bonds. The quantitative estimate of drug-likeness (QED) is 0.574. The van der Waals surface area contributed by atoms with Crippen molar-refractivity contribution in [2.24, 2.45) is 5.92 Å². The first-order chi connectivity index (χ1) is 14.9. The third-order valence-corrected chi connectivity index (χ3v) is 7.85. The number of nitrogens with zero attached hydrogens (tertiary/aromatic N) is 2. The molecule has 1 fully saturated rings. The summed E-state index contributed by atoms with van der Waals surface area (Å²) in [5.41, 5.74) is 1.19. The van der Waals surface area contributed by atoms with Crippen LogP contribution in [0.5, 0.6) is 0 Å². The minimum Gasteiger partial charge on any atom is -0.372 e. The van der Waals surface area contributed by atoms with Crippen molar-refractivity contribution in [3.63, 3.8) is 0 Å². The second-order valence-electron chi connectivity index (χ2n) is 7.69. The van der Waals surface area contributed by atoms with Crippen molar-refractivity contribution in [3.8, 4) is 0 Å². The summed E-state index contributed by atoms with van der Waals surface area (Å²) in [6, 6.07) is 16.4. The van der Waals surface area contributed by atoms with Crippen LogP contribution in [0.4, 0.5) is 5.69 Å². The van der Waals surface area contributed by atoms with Crippen LogP contribution in [-0.2, 0) is 14.8 Å². The fraction of sp³-hybridized carbons (Fsp3) is 0.435. The molecule has 0 spiro atoms. The highest BCUT2D eigenvalue weighted by atomic mass is 35.5. The van der Waals surface area contributed by atoms with Crippen molar-refractivity contribution in [1.82, 2.24) is 9.62 Å². The number of amides is 1. The Balaban J connectivity index is 1.42. The molecule has 31 heavy (non-hydrogen) atoms. The summed E-state index contributed by atoms with van der Waals surface area (Å²) in [6.45, 7) is 5.22. The van der Waals surface area contributed by atoms with Crippen molar-refractivity contribution in [2.45, 2.75) is 31.1 Å². The molecule has 168 valence electrons. The SMILES string of the molecule is CCN(CCCNC(=O)C1CCN(S(=O)(=O)c2ccc(Cl)cc2)CC1)c1ccccc1. The zero-order chi connectivity index (χ0) is 22.3. The predicted molar refractivity (Wildman–Crippen MR) is 125 cm³/mol. The van der Waals surface area contributed by atoms with Crippen LogP contribution in [0.1, 0.15) is 26.2 Å². The maximum atomic E-state index is 12.8. The van der Waals surface area contributed by atoms with E-state index in [1.54, 1.807) is 12.1 Å². The first-order valence-electron chi connectivity index (χ1n) is 10.7. The van der Waals surface area contributed by atoms with Crippen molar-refractivity contribution < 1.29 is 13.2 Å². The van der Waals surface area contributed by atoms with Crippen LogP contribution in [0.15, 0.2) is 59.5 Å². The molecule has 0 saturated carbocycles. The number of rotatable bonds is 9. The Morgan fingerprint density at radius 2 is 1.74 bits per heavy atom. The molecule has 1 aliphatic heterocycles. The molecule has 0 unspecified atom stereocenters. The Labute approximate surface area is 190 Å². The van der Waals surface area contributed by atoms with Crippen LogP contribution in [0.25, 0.3) is 0 Å². The van der Waals surface area contributed by atoms with Crippen molar-refractivity contribution in [2.75, 3.05) is 37.6 Å². The standard InChI is InChI=1S/C23H30ClN3O3S/c1-2-26(21-7-4-3-5-8-21)16-6-15-25-23(28)19-13-17-27(18-14-19)31(29,30)22-11-9-20(24)10-12-22/h3-5,7-12,19H,2,6,13-18H2,1H3,(H,25,28). The smallest absolute Gasteiger partial charge is 0.243 e. The predicted octanol–water partition coefficient (Wildman–Crippen LogP) is 3.77. The van der Waals surface area contributed by atoms with Gasteiger partial charge in [-0.1, -0.05) is 29.8 Å². The molecule has 2 aromatic carbocycles. The van der Waals surface area contributed by atoms with Crippen LogP contribution in [0.3, 0.4) is 0 Å². The summed E-state index contributed by atoms with van der Waals surface area (Å²) in [6.07, 6.45) is 1.92. The van der Waals surface area contributed by atoms with E-state index in [0.29, 0.717) is 37.5 Å². The van der Waals surface area contributed by atoms with Crippen LogP contribution >= 0.6 is 11.6 Å². The molecule has 1 N–H and O–H groups in total. The van der Waals surface area contributed by atoms with Crippen LogP contribution < -0.4 is 10.2 Å². The lowest BCUT2D eigenvalue weighted by molar-refractivity contribution is -0.126. The Hall–Kier alpha value is -2.09. The molecular weight excluding hydrogens is 434 g/mol. The Morgan fingerprint density at radius 3 is 2.35 bits per heavy atom. The maximum Gasteiger partial charge on any atom is 0.243 e. The average molecular weight is 464 g/mol. The van der Waals surface area contributed by atoms with Crippen molar-refractivity contribution in [3.05, 3.63) is 59.6 Å². The highest BCUT2D eigenvalue weighted by molar-refractivity contribution is 7.89. The minimum absolute atomic E-state index is 0.0197. The Kier molecular flexibility index (Phi) is 8.35. The summed E-state index contributed by atoms with van der Waals surface area (Å²) in [7, 11) is -3.55. The van der Waals surface area contributed by atoms with Crippen LogP contribution in [0, 0.1) is 5.92 Å². The number of benzene rings is 2. The highest BCUT2D eigenvalue weighted by Gasteiger charge is 2.31. The first-order valence-corrected chi connectivity index (χ1v) is 12.6. The second kappa shape index (κ2) is 11.0. The third-order valence-electron chi connectivity index (χ3n) is 5.68. The normalized spacial score (nSPS) is 15.5. The van der Waals surface area contributed by atoms with E-state index < -0.39 is 10.0 Å². The lowest BCUT2D eigenvalue weighted by Crippen LogP contribution is -2.43. The van der Waals surface area contributed by atoms with Gasteiger partial charge in [-0.25, -0.2) is 8.42 Å². The largest absolute Gasteiger partial charge is 0.372 e. The van der Waals surface area contributed by atoms with E-state index in [4.69, 9.17) is 11.6 Å². The van der Waals surface area contributed by atoms with Gasteiger partial charge in [0.25, 0.3) is 0 Å². The zero-order valence-electron chi connectivity index (χ0n) is 17.8. The van der Waals surface area contributed by atoms with Gasteiger partial charge in [-0.3, -0.25) is 4.79 Å². The summed E-state index contributed by atoms with van der Waals surface area (Å²) in [5.74, 6) is -0.126. The lowest BCUT2D eigenvalue weighted by atomic mass is 9.97. The average Bonchev–Trinajstić information content (AvgIpc) is 2.80. The van der Waals surface area contributed by atoms with Crippen LogP contribution in [-0.4, -0.2) is 51.4 Å². The fourth-order valence-electron chi connectivity index (χ4n) is 3.85. The highest BCUT2D eigenvalue weighted by Crippen LogP contribution is 2.25. The summed E-state index contributed by atoms with van der Waals surface area (Å²) in [5, 5.41) is 3.53. The van der Waals surface area contributed by atoms with Gasteiger partial charge in [-0.15, -0.1) is 0 Å². The molecule has 0 radical (unpaired) electrons. The molecule has 2 aromatic rings. The lowest BCUT2D eigenvalue weighted by Gasteiger charge is -2.30. The number of hydrogen-bond donors (Lipinski definition) is 1. The fourth-order valence-corrected chi connectivity index (χ4v) is 5.44. The molecule has 1 saturated heterocycles. The van der Waals surface area contributed by atoms with Crippen LogP contribution in [0.2, 0.25) is 5.02 Å². The van der Waals surface area contributed by atoms with E-state index in [0.717, 1.165) is 19.5 Å². The molecule has 8 heteroatoms. The molecule has 3 rings (SSSR count). The minimum atomic E-state index is -3.55. The number of halogens is 1. The molecule has 0 atom stereocenters. The van der Waals surface area contributed by atoms with E-state index in [9.17, 15) is 13.2 Å². The number of sulfonamides is 1. The van der Waals surface area contributed by atoms with Gasteiger partial charge in [-0.05, 0) is 62.6 Å². The van der Waals surface area contributed by atoms with Gasteiger partial charge in [0.2, 0.25) is 15.9 Å². The maximum absolute atomic E-state index is 12.8. The van der Waals surface area contributed by atoms with E-state index in [1.165, 1.54) is 22.1 Å².